The largest absolute Gasteiger partial charge is 0.463 e. The van der Waals surface area contributed by atoms with Crippen molar-refractivity contribution in [3.63, 3.8) is 0 Å². The molecule has 3 heteroatoms. The lowest BCUT2D eigenvalue weighted by Gasteiger charge is -2.25. The van der Waals surface area contributed by atoms with Gasteiger partial charge in [-0.2, -0.15) is 0 Å². The first-order chi connectivity index (χ1) is 10.1. The van der Waals surface area contributed by atoms with E-state index in [0.29, 0.717) is 19.6 Å². The number of carbonyl (C=O) groups excluding carboxylic acids is 1. The summed E-state index contributed by atoms with van der Waals surface area (Å²) in [6, 6.07) is 0. The molecule has 0 atom stereocenters. The van der Waals surface area contributed by atoms with Crippen LogP contribution in [0.5, 0.6) is 0 Å². The molecule has 0 aromatic carbocycles. The van der Waals surface area contributed by atoms with E-state index >= 15 is 0 Å². The fraction of sp³-hybridized carbons (Fsp3) is 0.944. The molecule has 0 bridgehead atoms. The van der Waals surface area contributed by atoms with E-state index in [0.717, 1.165) is 19.3 Å². The van der Waals surface area contributed by atoms with Crippen molar-refractivity contribution in [2.75, 3.05) is 13.2 Å². The second-order valence-electron chi connectivity index (χ2n) is 6.86. The third-order valence-electron chi connectivity index (χ3n) is 4.25. The van der Waals surface area contributed by atoms with Gasteiger partial charge in [-0.1, -0.05) is 57.8 Å². The van der Waals surface area contributed by atoms with E-state index in [1.54, 1.807) is 0 Å². The molecule has 1 aliphatic heterocycles. The molecule has 0 aromatic heterocycles. The molecule has 0 aliphatic carbocycles. The predicted molar refractivity (Wildman–Crippen MR) is 86.4 cm³/mol. The molecule has 0 unspecified atom stereocenters. The minimum absolute atomic E-state index is 0.0717. The lowest BCUT2D eigenvalue weighted by molar-refractivity contribution is -0.147. The Morgan fingerprint density at radius 3 is 1.90 bits per heavy atom. The number of cyclic esters (lactones) is 1. The summed E-state index contributed by atoms with van der Waals surface area (Å²) in [4.78, 5) is 11.6. The van der Waals surface area contributed by atoms with Gasteiger partial charge in [0.05, 0.1) is 12.2 Å². The van der Waals surface area contributed by atoms with Gasteiger partial charge < -0.3 is 9.47 Å². The summed E-state index contributed by atoms with van der Waals surface area (Å²) in [5.74, 6) is -0.0717. The maximum Gasteiger partial charge on any atom is 0.305 e. The first kappa shape index (κ1) is 18.5. The minimum atomic E-state index is -0.0994. The van der Waals surface area contributed by atoms with Gasteiger partial charge in [-0.25, -0.2) is 0 Å². The third-order valence-corrected chi connectivity index (χ3v) is 4.25. The van der Waals surface area contributed by atoms with Crippen molar-refractivity contribution >= 4 is 5.97 Å². The second kappa shape index (κ2) is 11.1. The Bertz CT molecular complexity index is 274. The van der Waals surface area contributed by atoms with E-state index < -0.39 is 0 Å². The molecule has 1 fully saturated rings. The Morgan fingerprint density at radius 1 is 0.762 bits per heavy atom. The van der Waals surface area contributed by atoms with Crippen molar-refractivity contribution in [2.45, 2.75) is 96.5 Å². The lowest BCUT2D eigenvalue weighted by Crippen LogP contribution is -2.26. The van der Waals surface area contributed by atoms with Crippen LogP contribution in [-0.4, -0.2) is 24.8 Å². The summed E-state index contributed by atoms with van der Waals surface area (Å²) in [6.07, 6.45) is 14.3. The van der Waals surface area contributed by atoms with Crippen LogP contribution in [0.3, 0.4) is 0 Å². The molecular weight excluding hydrogens is 264 g/mol. The lowest BCUT2D eigenvalue weighted by atomic mass is 9.99. The van der Waals surface area contributed by atoms with Crippen LogP contribution in [0.4, 0.5) is 0 Å². The predicted octanol–water partition coefficient (Wildman–Crippen LogP) is 5.02. The third kappa shape index (κ3) is 10.8. The summed E-state index contributed by atoms with van der Waals surface area (Å²) in [6.45, 7) is 5.17. The van der Waals surface area contributed by atoms with Crippen LogP contribution >= 0.6 is 0 Å². The molecule has 1 heterocycles. The highest BCUT2D eigenvalue weighted by atomic mass is 16.6. The summed E-state index contributed by atoms with van der Waals surface area (Å²) in [7, 11) is 0. The topological polar surface area (TPSA) is 35.5 Å². The molecule has 0 aromatic rings. The maximum atomic E-state index is 11.6. The average Bonchev–Trinajstić information content (AvgIpc) is 2.44. The summed E-state index contributed by atoms with van der Waals surface area (Å²) < 4.78 is 11.1. The van der Waals surface area contributed by atoms with E-state index in [-0.39, 0.29) is 11.6 Å². The number of hydrogen-bond donors (Lipinski definition) is 0. The Kier molecular flexibility index (Phi) is 9.73. The molecule has 1 saturated heterocycles. The van der Waals surface area contributed by atoms with Crippen LogP contribution in [0.2, 0.25) is 0 Å². The maximum absolute atomic E-state index is 11.6. The molecule has 0 amide bonds. The van der Waals surface area contributed by atoms with Gasteiger partial charge >= 0.3 is 5.97 Å². The number of rotatable bonds is 0. The number of hydrogen-bond acceptors (Lipinski definition) is 3. The summed E-state index contributed by atoms with van der Waals surface area (Å²) >= 11 is 0. The van der Waals surface area contributed by atoms with Crippen LogP contribution in [0, 0.1) is 0 Å². The zero-order valence-electron chi connectivity index (χ0n) is 14.1. The number of esters is 1. The average molecular weight is 298 g/mol. The fourth-order valence-corrected chi connectivity index (χ4v) is 2.85. The molecule has 1 rings (SSSR count). The standard InChI is InChI=1S/C18H34O3/c1-18(2)14-12-10-8-6-4-3-5-7-9-11-13-17(19)20-15-16-21-18/h3-16H2,1-2H3. The second-order valence-corrected chi connectivity index (χ2v) is 6.86. The van der Waals surface area contributed by atoms with E-state index in [9.17, 15) is 4.79 Å². The molecule has 0 spiro atoms. The highest BCUT2D eigenvalue weighted by Gasteiger charge is 2.17. The quantitative estimate of drug-likeness (QED) is 0.589. The highest BCUT2D eigenvalue weighted by molar-refractivity contribution is 5.69. The zero-order valence-corrected chi connectivity index (χ0v) is 14.1. The smallest absolute Gasteiger partial charge is 0.305 e. The Hall–Kier alpha value is -0.570. The molecule has 0 N–H and O–H groups in total. The van der Waals surface area contributed by atoms with Gasteiger partial charge in [0.1, 0.15) is 6.61 Å². The normalized spacial score (nSPS) is 24.6. The SMILES string of the molecule is CC1(C)CCCCCCCCCCCCC(=O)OCCO1. The molecule has 0 radical (unpaired) electrons. The van der Waals surface area contributed by atoms with Crippen molar-refractivity contribution in [3.8, 4) is 0 Å². The molecule has 124 valence electrons. The van der Waals surface area contributed by atoms with E-state index in [4.69, 9.17) is 9.47 Å². The van der Waals surface area contributed by atoms with Crippen LogP contribution in [-0.2, 0) is 14.3 Å². The zero-order chi connectivity index (χ0) is 15.4. The van der Waals surface area contributed by atoms with Crippen LogP contribution in [0.25, 0.3) is 0 Å². The molecule has 21 heavy (non-hydrogen) atoms. The number of carbonyl (C=O) groups is 1. The van der Waals surface area contributed by atoms with Gasteiger partial charge in [-0.3, -0.25) is 4.79 Å². The van der Waals surface area contributed by atoms with Gasteiger partial charge in [0.2, 0.25) is 0 Å². The summed E-state index contributed by atoms with van der Waals surface area (Å²) in [5.41, 5.74) is -0.0994. The van der Waals surface area contributed by atoms with Crippen molar-refractivity contribution < 1.29 is 14.3 Å². The Labute approximate surface area is 130 Å². The van der Waals surface area contributed by atoms with Gasteiger partial charge in [-0.05, 0) is 26.7 Å². The monoisotopic (exact) mass is 298 g/mol. The number of ether oxygens (including phenoxy) is 2. The van der Waals surface area contributed by atoms with Crippen molar-refractivity contribution in [1.82, 2.24) is 0 Å². The van der Waals surface area contributed by atoms with E-state index in [1.165, 1.54) is 51.4 Å². The minimum Gasteiger partial charge on any atom is -0.463 e. The first-order valence-corrected chi connectivity index (χ1v) is 8.90. The van der Waals surface area contributed by atoms with Crippen molar-refractivity contribution in [3.05, 3.63) is 0 Å². The molecule has 1 aliphatic rings. The van der Waals surface area contributed by atoms with Gasteiger partial charge in [0.25, 0.3) is 0 Å². The Balaban J connectivity index is 2.28. The molecule has 3 nitrogen and oxygen atoms in total. The molecule has 0 saturated carbocycles. The van der Waals surface area contributed by atoms with Crippen molar-refractivity contribution in [2.24, 2.45) is 0 Å². The van der Waals surface area contributed by atoms with E-state index in [2.05, 4.69) is 13.8 Å². The van der Waals surface area contributed by atoms with Crippen LogP contribution < -0.4 is 0 Å². The Morgan fingerprint density at radius 2 is 1.29 bits per heavy atom. The van der Waals surface area contributed by atoms with Crippen LogP contribution in [0.15, 0.2) is 0 Å². The summed E-state index contributed by atoms with van der Waals surface area (Å²) in [5, 5.41) is 0. The van der Waals surface area contributed by atoms with E-state index in [1.807, 2.05) is 0 Å². The highest BCUT2D eigenvalue weighted by Crippen LogP contribution is 2.20. The first-order valence-electron chi connectivity index (χ1n) is 8.90. The fourth-order valence-electron chi connectivity index (χ4n) is 2.85. The van der Waals surface area contributed by atoms with Crippen molar-refractivity contribution in [1.29, 1.82) is 0 Å². The van der Waals surface area contributed by atoms with Gasteiger partial charge in [0.15, 0.2) is 0 Å². The van der Waals surface area contributed by atoms with Gasteiger partial charge in [0, 0.05) is 6.42 Å². The van der Waals surface area contributed by atoms with Crippen LogP contribution in [0.1, 0.15) is 90.9 Å². The van der Waals surface area contributed by atoms with Gasteiger partial charge in [-0.15, -0.1) is 0 Å². The molecular formula is C18H34O3.